The standard InChI is InChI=1S/C14H20N2O2/c1-10-11(3-2-4-15-10)5-16-6-12-13(7-16)14(12,8-17)9-18/h2-4,12-13,17-18H,5-9H2,1H3. The van der Waals surface area contributed by atoms with E-state index in [9.17, 15) is 10.2 Å². The van der Waals surface area contributed by atoms with Crippen LogP contribution < -0.4 is 0 Å². The summed E-state index contributed by atoms with van der Waals surface area (Å²) >= 11 is 0. The topological polar surface area (TPSA) is 56.6 Å². The van der Waals surface area contributed by atoms with E-state index in [1.54, 1.807) is 0 Å². The molecule has 4 nitrogen and oxygen atoms in total. The Morgan fingerprint density at radius 3 is 2.56 bits per heavy atom. The minimum Gasteiger partial charge on any atom is -0.396 e. The van der Waals surface area contributed by atoms with Crippen LogP contribution >= 0.6 is 0 Å². The number of aryl methyl sites for hydroxylation is 1. The summed E-state index contributed by atoms with van der Waals surface area (Å²) in [5.74, 6) is 0.953. The van der Waals surface area contributed by atoms with Gasteiger partial charge in [0.1, 0.15) is 0 Å². The second-order valence-electron chi connectivity index (χ2n) is 5.70. The molecule has 2 fully saturated rings. The Bertz CT molecular complexity index is 431. The van der Waals surface area contributed by atoms with Crippen molar-refractivity contribution < 1.29 is 10.2 Å². The normalized spacial score (nSPS) is 29.3. The number of aromatic nitrogens is 1. The van der Waals surface area contributed by atoms with E-state index >= 15 is 0 Å². The monoisotopic (exact) mass is 248 g/mol. The molecule has 1 saturated carbocycles. The molecule has 0 spiro atoms. The first-order chi connectivity index (χ1) is 8.71. The molecule has 2 unspecified atom stereocenters. The number of hydrogen-bond acceptors (Lipinski definition) is 4. The fourth-order valence-electron chi connectivity index (χ4n) is 3.49. The van der Waals surface area contributed by atoms with Crippen molar-refractivity contribution >= 4 is 0 Å². The Labute approximate surface area is 107 Å². The third-order valence-electron chi connectivity index (χ3n) is 4.86. The molecule has 0 aromatic carbocycles. The largest absolute Gasteiger partial charge is 0.396 e. The number of hydrogen-bond donors (Lipinski definition) is 2. The van der Waals surface area contributed by atoms with Crippen molar-refractivity contribution in [3.63, 3.8) is 0 Å². The van der Waals surface area contributed by atoms with Gasteiger partial charge in [-0.05, 0) is 30.4 Å². The molecule has 98 valence electrons. The molecule has 3 rings (SSSR count). The molecule has 2 heterocycles. The summed E-state index contributed by atoms with van der Waals surface area (Å²) in [5.41, 5.74) is 2.19. The molecule has 4 heteroatoms. The van der Waals surface area contributed by atoms with Gasteiger partial charge in [0, 0.05) is 36.9 Å². The Morgan fingerprint density at radius 2 is 2.00 bits per heavy atom. The van der Waals surface area contributed by atoms with E-state index in [2.05, 4.69) is 16.0 Å². The highest BCUT2D eigenvalue weighted by molar-refractivity contribution is 5.21. The predicted octanol–water partition coefficient (Wildman–Crippen LogP) is 0.423. The van der Waals surface area contributed by atoms with Gasteiger partial charge in [-0.15, -0.1) is 0 Å². The summed E-state index contributed by atoms with van der Waals surface area (Å²) in [6, 6.07) is 4.10. The van der Waals surface area contributed by atoms with Crippen molar-refractivity contribution in [2.24, 2.45) is 17.3 Å². The average Bonchev–Trinajstić information content (AvgIpc) is 2.76. The number of piperidine rings is 1. The Balaban J connectivity index is 1.62. The zero-order valence-corrected chi connectivity index (χ0v) is 10.7. The van der Waals surface area contributed by atoms with Crippen LogP contribution in [0.5, 0.6) is 0 Å². The molecular formula is C14H20N2O2. The number of likely N-dealkylation sites (tertiary alicyclic amines) is 1. The third-order valence-corrected chi connectivity index (χ3v) is 4.86. The molecule has 18 heavy (non-hydrogen) atoms. The second kappa shape index (κ2) is 4.30. The number of aliphatic hydroxyl groups is 2. The predicted molar refractivity (Wildman–Crippen MR) is 67.8 cm³/mol. The quantitative estimate of drug-likeness (QED) is 0.811. The number of fused-ring (bicyclic) bond motifs is 1. The van der Waals surface area contributed by atoms with Crippen LogP contribution in [0, 0.1) is 24.2 Å². The second-order valence-corrected chi connectivity index (χ2v) is 5.70. The van der Waals surface area contributed by atoms with Gasteiger partial charge in [-0.25, -0.2) is 0 Å². The highest BCUT2D eigenvalue weighted by Crippen LogP contribution is 2.62. The number of aliphatic hydroxyl groups excluding tert-OH is 2. The molecule has 1 saturated heterocycles. The Hall–Kier alpha value is -0.970. The van der Waals surface area contributed by atoms with Crippen LogP contribution in [0.1, 0.15) is 11.3 Å². The highest BCUT2D eigenvalue weighted by atomic mass is 16.3. The molecule has 1 aliphatic heterocycles. The average molecular weight is 248 g/mol. The number of pyridine rings is 1. The summed E-state index contributed by atoms with van der Waals surface area (Å²) in [6.45, 7) is 5.19. The lowest BCUT2D eigenvalue weighted by molar-refractivity contribution is 0.0868. The third kappa shape index (κ3) is 1.67. The van der Waals surface area contributed by atoms with E-state index in [1.165, 1.54) is 5.56 Å². The SMILES string of the molecule is Cc1ncccc1CN1CC2C(C1)C2(CO)CO. The zero-order chi connectivity index (χ0) is 12.8. The molecule has 2 N–H and O–H groups in total. The number of rotatable bonds is 4. The molecule has 1 aromatic heterocycles. The van der Waals surface area contributed by atoms with Crippen LogP contribution in [0.3, 0.4) is 0 Å². The lowest BCUT2D eigenvalue weighted by Gasteiger charge is -2.24. The molecule has 1 aromatic rings. The van der Waals surface area contributed by atoms with Crippen molar-refractivity contribution in [2.75, 3.05) is 26.3 Å². The summed E-state index contributed by atoms with van der Waals surface area (Å²) in [4.78, 5) is 6.71. The Morgan fingerprint density at radius 1 is 1.33 bits per heavy atom. The first kappa shape index (κ1) is 12.1. The van der Waals surface area contributed by atoms with E-state index in [0.717, 1.165) is 25.3 Å². The van der Waals surface area contributed by atoms with Crippen molar-refractivity contribution in [1.29, 1.82) is 0 Å². The van der Waals surface area contributed by atoms with Gasteiger partial charge in [-0.1, -0.05) is 6.07 Å². The summed E-state index contributed by atoms with van der Waals surface area (Å²) < 4.78 is 0. The van der Waals surface area contributed by atoms with Crippen LogP contribution in [0.15, 0.2) is 18.3 Å². The zero-order valence-electron chi connectivity index (χ0n) is 10.7. The summed E-state index contributed by atoms with van der Waals surface area (Å²) in [6.07, 6.45) is 1.82. The van der Waals surface area contributed by atoms with Crippen molar-refractivity contribution in [3.05, 3.63) is 29.6 Å². The maximum Gasteiger partial charge on any atom is 0.0515 e. The fourth-order valence-corrected chi connectivity index (χ4v) is 3.49. The van der Waals surface area contributed by atoms with Crippen LogP contribution in [-0.2, 0) is 6.54 Å². The van der Waals surface area contributed by atoms with Gasteiger partial charge >= 0.3 is 0 Å². The van der Waals surface area contributed by atoms with E-state index < -0.39 is 0 Å². The highest BCUT2D eigenvalue weighted by Gasteiger charge is 2.67. The molecule has 1 aliphatic carbocycles. The molecule has 0 radical (unpaired) electrons. The van der Waals surface area contributed by atoms with Crippen LogP contribution in [-0.4, -0.2) is 46.4 Å². The lowest BCUT2D eigenvalue weighted by Crippen LogP contribution is -2.31. The van der Waals surface area contributed by atoms with Gasteiger partial charge in [0.2, 0.25) is 0 Å². The summed E-state index contributed by atoms with van der Waals surface area (Å²) in [5, 5.41) is 18.8. The number of nitrogens with zero attached hydrogens (tertiary/aromatic N) is 2. The van der Waals surface area contributed by atoms with Crippen LogP contribution in [0.2, 0.25) is 0 Å². The first-order valence-corrected chi connectivity index (χ1v) is 6.56. The fraction of sp³-hybridized carbons (Fsp3) is 0.643. The van der Waals surface area contributed by atoms with Crippen LogP contribution in [0.25, 0.3) is 0 Å². The van der Waals surface area contributed by atoms with Gasteiger partial charge in [-0.2, -0.15) is 0 Å². The maximum absolute atomic E-state index is 9.39. The minimum atomic E-state index is -0.180. The van der Waals surface area contributed by atoms with Crippen molar-refractivity contribution in [2.45, 2.75) is 13.5 Å². The molecule has 0 bridgehead atoms. The van der Waals surface area contributed by atoms with Gasteiger partial charge < -0.3 is 10.2 Å². The first-order valence-electron chi connectivity index (χ1n) is 6.56. The molecule has 2 atom stereocenters. The van der Waals surface area contributed by atoms with Gasteiger partial charge in [-0.3, -0.25) is 9.88 Å². The van der Waals surface area contributed by atoms with E-state index in [1.807, 2.05) is 19.2 Å². The van der Waals surface area contributed by atoms with Gasteiger partial charge in [0.25, 0.3) is 0 Å². The van der Waals surface area contributed by atoms with Crippen molar-refractivity contribution in [3.8, 4) is 0 Å². The Kier molecular flexibility index (Phi) is 2.88. The van der Waals surface area contributed by atoms with E-state index in [0.29, 0.717) is 11.8 Å². The van der Waals surface area contributed by atoms with Crippen LogP contribution in [0.4, 0.5) is 0 Å². The van der Waals surface area contributed by atoms with Gasteiger partial charge in [0.05, 0.1) is 13.2 Å². The maximum atomic E-state index is 9.39. The van der Waals surface area contributed by atoms with E-state index in [-0.39, 0.29) is 18.6 Å². The lowest BCUT2D eigenvalue weighted by atomic mass is 10.0. The van der Waals surface area contributed by atoms with Gasteiger partial charge in [0.15, 0.2) is 0 Å². The molecular weight excluding hydrogens is 228 g/mol. The van der Waals surface area contributed by atoms with Crippen molar-refractivity contribution in [1.82, 2.24) is 9.88 Å². The molecule has 0 amide bonds. The molecule has 2 aliphatic rings. The van der Waals surface area contributed by atoms with E-state index in [4.69, 9.17) is 0 Å². The minimum absolute atomic E-state index is 0.124. The smallest absolute Gasteiger partial charge is 0.0515 e. The summed E-state index contributed by atoms with van der Waals surface area (Å²) in [7, 11) is 0.